The normalized spacial score (nSPS) is 17.8. The number of pyridine rings is 1. The molecular weight excluding hydrogens is 520 g/mol. The highest BCUT2D eigenvalue weighted by Crippen LogP contribution is 2.50. The van der Waals surface area contributed by atoms with Crippen LogP contribution in [0.3, 0.4) is 0 Å². The molecule has 1 aliphatic heterocycles. The molecule has 3 amide bonds. The first-order valence-electron chi connectivity index (χ1n) is 12.0. The van der Waals surface area contributed by atoms with Gasteiger partial charge in [0.2, 0.25) is 5.88 Å². The van der Waals surface area contributed by atoms with E-state index in [0.717, 1.165) is 23.8 Å². The molecule has 1 saturated heterocycles. The van der Waals surface area contributed by atoms with Crippen molar-refractivity contribution in [2.75, 3.05) is 0 Å². The fourth-order valence-electron chi connectivity index (χ4n) is 4.87. The van der Waals surface area contributed by atoms with Crippen molar-refractivity contribution < 1.29 is 45.8 Å². The number of aryl methyl sites for hydroxylation is 1. The van der Waals surface area contributed by atoms with E-state index in [0.29, 0.717) is 37.1 Å². The Bertz CT molecular complexity index is 1210. The quantitative estimate of drug-likeness (QED) is 0.354. The summed E-state index contributed by atoms with van der Waals surface area (Å²) in [7, 11) is 0. The number of urea groups is 1. The fraction of sp³-hybridized carbons (Fsp3) is 0.480. The summed E-state index contributed by atoms with van der Waals surface area (Å²) >= 11 is 0. The van der Waals surface area contributed by atoms with Crippen LogP contribution in [0.1, 0.15) is 55.8 Å². The summed E-state index contributed by atoms with van der Waals surface area (Å²) in [4.78, 5) is 30.7. The second kappa shape index (κ2) is 9.75. The van der Waals surface area contributed by atoms with Crippen LogP contribution in [0, 0.1) is 0 Å². The number of ether oxygens (including phenoxy) is 1. The molecule has 2 aliphatic rings. The lowest BCUT2D eigenvalue weighted by molar-refractivity contribution is -0.376. The maximum atomic E-state index is 13.3. The molecule has 0 radical (unpaired) electrons. The molecule has 7 nitrogen and oxygen atoms in total. The summed E-state index contributed by atoms with van der Waals surface area (Å²) in [6.07, 6.45) is -8.85. The largest absolute Gasteiger partial charge is 0.439 e. The van der Waals surface area contributed by atoms with Crippen molar-refractivity contribution >= 4 is 11.9 Å². The van der Waals surface area contributed by atoms with E-state index in [1.54, 1.807) is 13.0 Å². The van der Waals surface area contributed by atoms with Gasteiger partial charge in [0.05, 0.1) is 12.2 Å². The highest BCUT2D eigenvalue weighted by molar-refractivity contribution is 6.07. The van der Waals surface area contributed by atoms with Crippen molar-refractivity contribution in [1.82, 2.24) is 15.2 Å². The van der Waals surface area contributed by atoms with Gasteiger partial charge in [-0.05, 0) is 43.0 Å². The molecule has 2 N–H and O–H groups in total. The Morgan fingerprint density at radius 1 is 1.05 bits per heavy atom. The molecular formula is C25H25F6N3O4. The molecule has 4 rings (SSSR count). The fourth-order valence-corrected chi connectivity index (χ4v) is 4.87. The number of rotatable bonds is 7. The molecule has 206 valence electrons. The number of nitrogens with zero attached hydrogens (tertiary/aromatic N) is 2. The highest BCUT2D eigenvalue weighted by Gasteiger charge is 2.71. The Balaban J connectivity index is 1.59. The molecule has 2 fully saturated rings. The summed E-state index contributed by atoms with van der Waals surface area (Å²) in [6, 6.07) is 6.01. The molecule has 13 heteroatoms. The van der Waals surface area contributed by atoms with Crippen LogP contribution in [-0.4, -0.2) is 44.8 Å². The van der Waals surface area contributed by atoms with E-state index in [-0.39, 0.29) is 36.1 Å². The van der Waals surface area contributed by atoms with E-state index < -0.39 is 35.1 Å². The van der Waals surface area contributed by atoms with Crippen molar-refractivity contribution in [1.29, 1.82) is 0 Å². The maximum absolute atomic E-state index is 13.3. The number of benzene rings is 1. The van der Waals surface area contributed by atoms with E-state index in [1.807, 2.05) is 0 Å². The monoisotopic (exact) mass is 545 g/mol. The number of nitrogens with one attached hydrogen (secondary N) is 1. The molecule has 1 aromatic heterocycles. The van der Waals surface area contributed by atoms with Gasteiger partial charge in [-0.1, -0.05) is 38.3 Å². The van der Waals surface area contributed by atoms with E-state index >= 15 is 0 Å². The predicted molar refractivity (Wildman–Crippen MR) is 121 cm³/mol. The van der Waals surface area contributed by atoms with Gasteiger partial charge in [0, 0.05) is 11.6 Å². The Hall–Kier alpha value is -3.35. The minimum atomic E-state index is -6.01. The van der Waals surface area contributed by atoms with Gasteiger partial charge in [0.1, 0.15) is 11.3 Å². The third-order valence-electron chi connectivity index (χ3n) is 6.84. The zero-order chi connectivity index (χ0) is 27.9. The summed E-state index contributed by atoms with van der Waals surface area (Å²) in [5.41, 5.74) is -7.04. The zero-order valence-electron chi connectivity index (χ0n) is 20.2. The standard InChI is InChI=1S/C25H25F6N3O4/c1-2-6-15-13-16(23(37,24(26,27)28)25(29,30)31)9-10-18(15)38-19-8-5-7-17(32-19)14-34-20(35)22(33-21(34)36)11-3-4-12-22/h5,7-10,13,37H,2-4,6,11-12,14H2,1H3,(H,33,36). The van der Waals surface area contributed by atoms with Gasteiger partial charge in [-0.25, -0.2) is 9.78 Å². The molecule has 0 atom stereocenters. The first-order valence-corrected chi connectivity index (χ1v) is 12.0. The molecule has 0 unspecified atom stereocenters. The average Bonchev–Trinajstić information content (AvgIpc) is 3.39. The van der Waals surface area contributed by atoms with Crippen LogP contribution in [0.15, 0.2) is 36.4 Å². The lowest BCUT2D eigenvalue weighted by Gasteiger charge is -2.33. The molecule has 1 spiro atoms. The number of hydrogen-bond acceptors (Lipinski definition) is 5. The minimum absolute atomic E-state index is 0.00130. The Kier molecular flexibility index (Phi) is 7.10. The predicted octanol–water partition coefficient (Wildman–Crippen LogP) is 5.50. The van der Waals surface area contributed by atoms with Gasteiger partial charge in [0.15, 0.2) is 0 Å². The van der Waals surface area contributed by atoms with Crippen molar-refractivity contribution in [3.8, 4) is 11.6 Å². The highest BCUT2D eigenvalue weighted by atomic mass is 19.4. The molecule has 1 aliphatic carbocycles. The molecule has 1 aromatic carbocycles. The van der Waals surface area contributed by atoms with Crippen LogP contribution in [-0.2, 0) is 23.4 Å². The van der Waals surface area contributed by atoms with Gasteiger partial charge in [0.25, 0.3) is 11.5 Å². The lowest BCUT2D eigenvalue weighted by Crippen LogP contribution is -2.53. The summed E-state index contributed by atoms with van der Waals surface area (Å²) in [6.45, 7) is 1.53. The van der Waals surface area contributed by atoms with Crippen LogP contribution in [0.25, 0.3) is 0 Å². The summed E-state index contributed by atoms with van der Waals surface area (Å²) in [5.74, 6) is -0.431. The SMILES string of the molecule is CCCc1cc(C(O)(C(F)(F)F)C(F)(F)F)ccc1Oc1cccc(CN2C(=O)NC3(CCCC3)C2=O)n1. The van der Waals surface area contributed by atoms with Crippen molar-refractivity contribution in [3.63, 3.8) is 0 Å². The smallest absolute Gasteiger partial charge is 0.430 e. The number of hydrogen-bond donors (Lipinski definition) is 2. The van der Waals surface area contributed by atoms with Crippen molar-refractivity contribution in [2.24, 2.45) is 0 Å². The first-order chi connectivity index (χ1) is 17.7. The topological polar surface area (TPSA) is 91.8 Å². The number of aromatic nitrogens is 1. The van der Waals surface area contributed by atoms with Crippen LogP contribution in [0.2, 0.25) is 0 Å². The first kappa shape index (κ1) is 27.7. The van der Waals surface area contributed by atoms with E-state index in [1.165, 1.54) is 12.1 Å². The summed E-state index contributed by atoms with van der Waals surface area (Å²) < 4.78 is 85.8. The Morgan fingerprint density at radius 2 is 1.71 bits per heavy atom. The van der Waals surface area contributed by atoms with Crippen LogP contribution in [0.4, 0.5) is 31.1 Å². The number of amides is 3. The second-order valence-corrected chi connectivity index (χ2v) is 9.46. The molecule has 38 heavy (non-hydrogen) atoms. The lowest BCUT2D eigenvalue weighted by atomic mass is 9.90. The number of alkyl halides is 6. The Labute approximate surface area is 213 Å². The van der Waals surface area contributed by atoms with Gasteiger partial charge in [-0.15, -0.1) is 0 Å². The van der Waals surface area contributed by atoms with Crippen molar-refractivity contribution in [3.05, 3.63) is 53.2 Å². The number of aliphatic hydroxyl groups is 1. The van der Waals surface area contributed by atoms with Gasteiger partial charge < -0.3 is 15.2 Å². The molecule has 1 saturated carbocycles. The molecule has 0 bridgehead atoms. The number of halogens is 6. The third kappa shape index (κ3) is 4.79. The maximum Gasteiger partial charge on any atom is 0.430 e. The molecule has 2 heterocycles. The molecule has 2 aromatic rings. The minimum Gasteiger partial charge on any atom is -0.439 e. The van der Waals surface area contributed by atoms with Crippen LogP contribution < -0.4 is 10.1 Å². The van der Waals surface area contributed by atoms with Crippen LogP contribution in [0.5, 0.6) is 11.6 Å². The van der Waals surface area contributed by atoms with Crippen LogP contribution >= 0.6 is 0 Å². The number of carbonyl (C=O) groups is 2. The van der Waals surface area contributed by atoms with Crippen molar-refractivity contribution in [2.45, 2.75) is 75.5 Å². The van der Waals surface area contributed by atoms with E-state index in [9.17, 15) is 41.0 Å². The number of carbonyl (C=O) groups excluding carboxylic acids is 2. The third-order valence-corrected chi connectivity index (χ3v) is 6.84. The van der Waals surface area contributed by atoms with Gasteiger partial charge >= 0.3 is 18.4 Å². The zero-order valence-corrected chi connectivity index (χ0v) is 20.2. The van der Waals surface area contributed by atoms with E-state index in [2.05, 4.69) is 10.3 Å². The Morgan fingerprint density at radius 3 is 2.32 bits per heavy atom. The van der Waals surface area contributed by atoms with E-state index in [4.69, 9.17) is 4.74 Å². The number of imide groups is 1. The van der Waals surface area contributed by atoms with Gasteiger partial charge in [-0.3, -0.25) is 9.69 Å². The van der Waals surface area contributed by atoms with Gasteiger partial charge in [-0.2, -0.15) is 26.3 Å². The summed E-state index contributed by atoms with van der Waals surface area (Å²) in [5, 5.41) is 12.5. The average molecular weight is 545 g/mol. The second-order valence-electron chi connectivity index (χ2n) is 9.46.